The highest BCUT2D eigenvalue weighted by molar-refractivity contribution is 7.04. The van der Waals surface area contributed by atoms with Gasteiger partial charge < -0.3 is 0 Å². The van der Waals surface area contributed by atoms with Crippen molar-refractivity contribution in [2.45, 2.75) is 53.6 Å². The molecule has 1 heterocycles. The molecule has 0 spiro atoms. The van der Waals surface area contributed by atoms with Gasteiger partial charge in [-0.1, -0.05) is 157 Å². The minimum absolute atomic E-state index is 1.09. The van der Waals surface area contributed by atoms with E-state index in [0.29, 0.717) is 0 Å². The summed E-state index contributed by atoms with van der Waals surface area (Å²) >= 11 is 0. The predicted molar refractivity (Wildman–Crippen MR) is 225 cm³/mol. The molecule has 1 heteroatoms. The summed E-state index contributed by atoms with van der Waals surface area (Å²) in [4.78, 5) is 0. The van der Waals surface area contributed by atoms with E-state index >= 15 is 0 Å². The molecule has 51 heavy (non-hydrogen) atoms. The van der Waals surface area contributed by atoms with Crippen LogP contribution in [0.3, 0.4) is 0 Å². The van der Waals surface area contributed by atoms with E-state index in [2.05, 4.69) is 174 Å². The zero-order valence-electron chi connectivity index (χ0n) is 30.6. The standard InChI is InChI=1S/C50H44Si/c1-31-21-32(2)24-39(23-31)49-42-20-18-37(35-13-9-7-10-14-35)27-44(42)50(40-25-33(3)22-34(4)26-40)46-30-48-43(29-45(46)49)41-19-17-38(28-47(41)51(48,5)6)36-15-11-8-12-16-36/h8-9,11-30H,7,10H2,1-6H3. The Kier molecular flexibility index (Phi) is 7.42. The van der Waals surface area contributed by atoms with Gasteiger partial charge in [0.05, 0.1) is 0 Å². The predicted octanol–water partition coefficient (Wildman–Crippen LogP) is 12.8. The van der Waals surface area contributed by atoms with Gasteiger partial charge in [-0.05, 0) is 140 Å². The molecule has 7 aromatic rings. The summed E-state index contributed by atoms with van der Waals surface area (Å²) in [5, 5.41) is 8.44. The molecule has 1 aliphatic heterocycles. The third-order valence-corrected chi connectivity index (χ3v) is 14.9. The molecule has 248 valence electrons. The van der Waals surface area contributed by atoms with Gasteiger partial charge >= 0.3 is 0 Å². The average Bonchev–Trinajstić information content (AvgIpc) is 3.34. The highest BCUT2D eigenvalue weighted by Crippen LogP contribution is 2.47. The van der Waals surface area contributed by atoms with Gasteiger partial charge in [0, 0.05) is 0 Å². The van der Waals surface area contributed by atoms with E-state index in [1.165, 1.54) is 105 Å². The van der Waals surface area contributed by atoms with Gasteiger partial charge in [-0.25, -0.2) is 0 Å². The molecule has 0 atom stereocenters. The minimum atomic E-state index is -2.05. The molecule has 0 nitrogen and oxygen atoms in total. The van der Waals surface area contributed by atoms with Gasteiger partial charge in [0.2, 0.25) is 0 Å². The molecule has 0 fully saturated rings. The monoisotopic (exact) mass is 672 g/mol. The van der Waals surface area contributed by atoms with Crippen molar-refractivity contribution >= 4 is 45.6 Å². The third-order valence-electron chi connectivity index (χ3n) is 11.4. The Morgan fingerprint density at radius 1 is 0.431 bits per heavy atom. The van der Waals surface area contributed by atoms with E-state index in [4.69, 9.17) is 0 Å². The first-order valence-electron chi connectivity index (χ1n) is 18.5. The Labute approximate surface area is 303 Å². The van der Waals surface area contributed by atoms with Crippen LogP contribution < -0.4 is 10.4 Å². The van der Waals surface area contributed by atoms with Gasteiger partial charge in [0.1, 0.15) is 8.07 Å². The van der Waals surface area contributed by atoms with Crippen LogP contribution in [0.15, 0.2) is 133 Å². The van der Waals surface area contributed by atoms with Gasteiger partial charge in [0.15, 0.2) is 0 Å². The highest BCUT2D eigenvalue weighted by atomic mass is 28.3. The maximum Gasteiger partial charge on any atom is 0.113 e. The van der Waals surface area contributed by atoms with E-state index in [1.54, 1.807) is 5.19 Å². The minimum Gasteiger partial charge on any atom is -0.0836 e. The topological polar surface area (TPSA) is 0 Å². The van der Waals surface area contributed by atoms with Crippen LogP contribution in [0.4, 0.5) is 0 Å². The fourth-order valence-corrected chi connectivity index (χ4v) is 12.2. The fraction of sp³-hybridized carbons (Fsp3) is 0.160. The van der Waals surface area contributed by atoms with E-state index in [0.717, 1.165) is 12.8 Å². The van der Waals surface area contributed by atoms with Crippen LogP contribution >= 0.6 is 0 Å². The lowest BCUT2D eigenvalue weighted by Gasteiger charge is -2.23. The molecule has 7 aromatic carbocycles. The summed E-state index contributed by atoms with van der Waals surface area (Å²) in [6, 6.07) is 44.8. The molecule has 9 rings (SSSR count). The summed E-state index contributed by atoms with van der Waals surface area (Å²) in [7, 11) is -2.05. The zero-order valence-corrected chi connectivity index (χ0v) is 31.6. The van der Waals surface area contributed by atoms with E-state index in [-0.39, 0.29) is 0 Å². The number of benzene rings is 7. The Morgan fingerprint density at radius 2 is 1.02 bits per heavy atom. The van der Waals surface area contributed by atoms with Crippen molar-refractivity contribution in [3.05, 3.63) is 161 Å². The van der Waals surface area contributed by atoms with Gasteiger partial charge in [-0.2, -0.15) is 0 Å². The lowest BCUT2D eigenvalue weighted by molar-refractivity contribution is 1.04. The molecule has 0 saturated carbocycles. The molecule has 2 aliphatic rings. The zero-order chi connectivity index (χ0) is 35.0. The number of allylic oxidation sites excluding steroid dienone is 4. The third kappa shape index (κ3) is 5.26. The molecular weight excluding hydrogens is 629 g/mol. The van der Waals surface area contributed by atoms with Crippen molar-refractivity contribution < 1.29 is 0 Å². The lowest BCUT2D eigenvalue weighted by Crippen LogP contribution is -2.49. The largest absolute Gasteiger partial charge is 0.113 e. The van der Waals surface area contributed by atoms with Crippen LogP contribution in [-0.4, -0.2) is 8.07 Å². The van der Waals surface area contributed by atoms with E-state index < -0.39 is 8.07 Å². The second-order valence-electron chi connectivity index (χ2n) is 15.6. The Balaban J connectivity index is 1.43. The Morgan fingerprint density at radius 3 is 1.67 bits per heavy atom. The fourth-order valence-electron chi connectivity index (χ4n) is 9.13. The van der Waals surface area contributed by atoms with Gasteiger partial charge in [-0.15, -0.1) is 0 Å². The van der Waals surface area contributed by atoms with Crippen molar-refractivity contribution in [2.75, 3.05) is 0 Å². The molecule has 0 saturated heterocycles. The highest BCUT2D eigenvalue weighted by Gasteiger charge is 2.38. The van der Waals surface area contributed by atoms with Gasteiger partial charge in [0.25, 0.3) is 0 Å². The number of fused-ring (bicyclic) bond motifs is 5. The maximum atomic E-state index is 2.63. The SMILES string of the molecule is Cc1cc(C)cc(-c2c3ccc(C4=CCCC=C4)cc3c(-c3cc(C)cc(C)c3)c3cc4c(cc23)-c2ccc(-c3ccccc3)cc2[Si]4(C)C)c1. The summed E-state index contributed by atoms with van der Waals surface area (Å²) in [6.45, 7) is 14.1. The van der Waals surface area contributed by atoms with Crippen LogP contribution in [0.25, 0.3) is 71.6 Å². The molecule has 1 aliphatic carbocycles. The first-order valence-corrected chi connectivity index (χ1v) is 21.5. The van der Waals surface area contributed by atoms with Crippen molar-refractivity contribution in [1.82, 2.24) is 0 Å². The van der Waals surface area contributed by atoms with E-state index in [9.17, 15) is 0 Å². The quantitative estimate of drug-likeness (QED) is 0.129. The summed E-state index contributed by atoms with van der Waals surface area (Å²) in [6.07, 6.45) is 9.26. The van der Waals surface area contributed by atoms with Crippen LogP contribution in [0.1, 0.15) is 40.7 Å². The summed E-state index contributed by atoms with van der Waals surface area (Å²) in [5.74, 6) is 0. The van der Waals surface area contributed by atoms with Crippen LogP contribution in [0.2, 0.25) is 13.1 Å². The molecule has 0 N–H and O–H groups in total. The van der Waals surface area contributed by atoms with Crippen LogP contribution in [0, 0.1) is 27.7 Å². The number of hydrogen-bond acceptors (Lipinski definition) is 0. The summed E-state index contributed by atoms with van der Waals surface area (Å²) < 4.78 is 0. The average molecular weight is 673 g/mol. The Bertz CT molecular complexity index is 2590. The molecule has 0 bridgehead atoms. The normalized spacial score (nSPS) is 14.5. The summed E-state index contributed by atoms with van der Waals surface area (Å²) in [5.41, 5.74) is 18.6. The van der Waals surface area contributed by atoms with Crippen molar-refractivity contribution in [3.8, 4) is 44.5 Å². The lowest BCUT2D eigenvalue weighted by atomic mass is 9.82. The first-order chi connectivity index (χ1) is 24.7. The number of rotatable bonds is 4. The van der Waals surface area contributed by atoms with Gasteiger partial charge in [-0.3, -0.25) is 0 Å². The Hall–Kier alpha value is -5.24. The van der Waals surface area contributed by atoms with Crippen molar-refractivity contribution in [2.24, 2.45) is 0 Å². The van der Waals surface area contributed by atoms with Crippen molar-refractivity contribution in [3.63, 3.8) is 0 Å². The second kappa shape index (κ2) is 11.9. The second-order valence-corrected chi connectivity index (χ2v) is 19.9. The molecule has 0 amide bonds. The molecule has 0 radical (unpaired) electrons. The first kappa shape index (κ1) is 31.7. The van der Waals surface area contributed by atoms with E-state index in [1.807, 2.05) is 0 Å². The number of aryl methyl sites for hydroxylation is 4. The van der Waals surface area contributed by atoms with Crippen LogP contribution in [-0.2, 0) is 0 Å². The molecule has 0 unspecified atom stereocenters. The van der Waals surface area contributed by atoms with Crippen LogP contribution in [0.5, 0.6) is 0 Å². The maximum absolute atomic E-state index is 2.63. The molecule has 0 aromatic heterocycles. The molecular formula is C50H44Si. The van der Waals surface area contributed by atoms with Crippen molar-refractivity contribution in [1.29, 1.82) is 0 Å². The smallest absolute Gasteiger partial charge is 0.0836 e. The number of hydrogen-bond donors (Lipinski definition) is 0.